The van der Waals surface area contributed by atoms with Gasteiger partial charge in [-0.15, -0.1) is 0 Å². The van der Waals surface area contributed by atoms with Crippen LogP contribution in [-0.2, 0) is 6.54 Å². The molecule has 0 unspecified atom stereocenters. The van der Waals surface area contributed by atoms with Crippen molar-refractivity contribution in [3.05, 3.63) is 18.0 Å². The van der Waals surface area contributed by atoms with Crippen LogP contribution in [0.4, 0.5) is 0 Å². The van der Waals surface area contributed by atoms with Gasteiger partial charge in [-0.25, -0.2) is 0 Å². The van der Waals surface area contributed by atoms with Crippen LogP contribution in [0.3, 0.4) is 0 Å². The second kappa shape index (κ2) is 4.13. The van der Waals surface area contributed by atoms with Crippen LogP contribution in [0.2, 0.25) is 0 Å². The molecule has 1 aromatic heterocycles. The molecule has 0 spiro atoms. The number of nitrogens with one attached hydrogen (secondary N) is 1. The standard InChI is InChI=1S/C11H19N3/c1-9(2)14-7-6-11(13-14)8-12-10-4-3-5-10/h6-7,9-10,12H,3-5,8H2,1-2H3. The molecular weight excluding hydrogens is 174 g/mol. The Morgan fingerprint density at radius 3 is 2.86 bits per heavy atom. The summed E-state index contributed by atoms with van der Waals surface area (Å²) >= 11 is 0. The molecule has 78 valence electrons. The predicted octanol–water partition coefficient (Wildman–Crippen LogP) is 2.11. The van der Waals surface area contributed by atoms with Gasteiger partial charge in [0.25, 0.3) is 0 Å². The number of hydrogen-bond acceptors (Lipinski definition) is 2. The largest absolute Gasteiger partial charge is 0.308 e. The van der Waals surface area contributed by atoms with Crippen molar-refractivity contribution < 1.29 is 0 Å². The van der Waals surface area contributed by atoms with Crippen LogP contribution in [0.25, 0.3) is 0 Å². The van der Waals surface area contributed by atoms with E-state index in [9.17, 15) is 0 Å². The lowest BCUT2D eigenvalue weighted by atomic mass is 9.93. The molecule has 0 bridgehead atoms. The van der Waals surface area contributed by atoms with Crippen LogP contribution in [0.5, 0.6) is 0 Å². The van der Waals surface area contributed by atoms with Gasteiger partial charge in [0.15, 0.2) is 0 Å². The van der Waals surface area contributed by atoms with Crippen LogP contribution in [0.15, 0.2) is 12.3 Å². The molecular formula is C11H19N3. The number of nitrogens with zero attached hydrogens (tertiary/aromatic N) is 2. The van der Waals surface area contributed by atoms with Gasteiger partial charge in [0.05, 0.1) is 5.69 Å². The molecule has 0 amide bonds. The summed E-state index contributed by atoms with van der Waals surface area (Å²) in [5.74, 6) is 0. The van der Waals surface area contributed by atoms with E-state index in [1.807, 2.05) is 4.68 Å². The maximum atomic E-state index is 4.49. The predicted molar refractivity (Wildman–Crippen MR) is 57.1 cm³/mol. The van der Waals surface area contributed by atoms with Gasteiger partial charge in [-0.2, -0.15) is 5.10 Å². The van der Waals surface area contributed by atoms with E-state index in [2.05, 4.69) is 36.5 Å². The second-order valence-corrected chi connectivity index (χ2v) is 4.39. The van der Waals surface area contributed by atoms with Gasteiger partial charge in [-0.05, 0) is 32.8 Å². The monoisotopic (exact) mass is 193 g/mol. The van der Waals surface area contributed by atoms with Crippen LogP contribution in [-0.4, -0.2) is 15.8 Å². The molecule has 2 rings (SSSR count). The van der Waals surface area contributed by atoms with E-state index in [1.165, 1.54) is 19.3 Å². The lowest BCUT2D eigenvalue weighted by Gasteiger charge is -2.26. The first-order valence-electron chi connectivity index (χ1n) is 5.53. The first kappa shape index (κ1) is 9.71. The minimum Gasteiger partial charge on any atom is -0.308 e. The van der Waals surface area contributed by atoms with Crippen molar-refractivity contribution in [3.8, 4) is 0 Å². The Bertz CT molecular complexity index is 286. The average molecular weight is 193 g/mol. The van der Waals surface area contributed by atoms with Crippen molar-refractivity contribution in [1.29, 1.82) is 0 Å². The molecule has 0 atom stereocenters. The zero-order valence-corrected chi connectivity index (χ0v) is 9.03. The molecule has 0 radical (unpaired) electrons. The maximum Gasteiger partial charge on any atom is 0.0762 e. The average Bonchev–Trinajstić information content (AvgIpc) is 2.50. The molecule has 1 saturated carbocycles. The molecule has 1 aliphatic rings. The zero-order valence-electron chi connectivity index (χ0n) is 9.03. The topological polar surface area (TPSA) is 29.9 Å². The smallest absolute Gasteiger partial charge is 0.0762 e. The van der Waals surface area contributed by atoms with E-state index in [1.54, 1.807) is 0 Å². The molecule has 0 aromatic carbocycles. The Labute approximate surface area is 85.5 Å². The second-order valence-electron chi connectivity index (χ2n) is 4.39. The minimum absolute atomic E-state index is 0.465. The molecule has 1 fully saturated rings. The van der Waals surface area contributed by atoms with Crippen molar-refractivity contribution in [1.82, 2.24) is 15.1 Å². The summed E-state index contributed by atoms with van der Waals surface area (Å²) in [7, 11) is 0. The summed E-state index contributed by atoms with van der Waals surface area (Å²) in [6, 6.07) is 3.32. The van der Waals surface area contributed by atoms with Crippen LogP contribution >= 0.6 is 0 Å². The van der Waals surface area contributed by atoms with Crippen molar-refractivity contribution in [2.75, 3.05) is 0 Å². The van der Waals surface area contributed by atoms with Crippen molar-refractivity contribution in [2.45, 2.75) is 51.7 Å². The summed E-state index contributed by atoms with van der Waals surface area (Å²) in [6.07, 6.45) is 6.12. The van der Waals surface area contributed by atoms with Crippen LogP contribution < -0.4 is 5.32 Å². The summed E-state index contributed by atoms with van der Waals surface area (Å²) in [4.78, 5) is 0. The molecule has 3 heteroatoms. The van der Waals surface area contributed by atoms with E-state index in [4.69, 9.17) is 0 Å². The third kappa shape index (κ3) is 2.15. The van der Waals surface area contributed by atoms with Gasteiger partial charge in [-0.3, -0.25) is 4.68 Å². The summed E-state index contributed by atoms with van der Waals surface area (Å²) < 4.78 is 2.01. The molecule has 1 aliphatic carbocycles. The first-order valence-corrected chi connectivity index (χ1v) is 5.53. The lowest BCUT2D eigenvalue weighted by molar-refractivity contribution is 0.336. The normalized spacial score (nSPS) is 17.4. The van der Waals surface area contributed by atoms with Crippen molar-refractivity contribution in [3.63, 3.8) is 0 Å². The highest BCUT2D eigenvalue weighted by molar-refractivity contribution is 4.99. The fraction of sp³-hybridized carbons (Fsp3) is 0.727. The quantitative estimate of drug-likeness (QED) is 0.793. The number of hydrogen-bond donors (Lipinski definition) is 1. The lowest BCUT2D eigenvalue weighted by Crippen LogP contribution is -2.34. The molecule has 1 N–H and O–H groups in total. The number of rotatable bonds is 4. The van der Waals surface area contributed by atoms with E-state index in [-0.39, 0.29) is 0 Å². The maximum absolute atomic E-state index is 4.49. The van der Waals surface area contributed by atoms with Gasteiger partial charge in [0, 0.05) is 24.8 Å². The zero-order chi connectivity index (χ0) is 9.97. The fourth-order valence-corrected chi connectivity index (χ4v) is 1.62. The van der Waals surface area contributed by atoms with Gasteiger partial charge in [-0.1, -0.05) is 6.42 Å². The molecule has 1 aromatic rings. The Hall–Kier alpha value is -0.830. The van der Waals surface area contributed by atoms with Gasteiger partial charge in [0.2, 0.25) is 0 Å². The third-order valence-corrected chi connectivity index (χ3v) is 2.87. The molecule has 3 nitrogen and oxygen atoms in total. The summed E-state index contributed by atoms with van der Waals surface area (Å²) in [6.45, 7) is 5.22. The van der Waals surface area contributed by atoms with Crippen LogP contribution in [0, 0.1) is 0 Å². The van der Waals surface area contributed by atoms with Crippen molar-refractivity contribution in [2.24, 2.45) is 0 Å². The van der Waals surface area contributed by atoms with E-state index in [0.717, 1.165) is 18.3 Å². The van der Waals surface area contributed by atoms with Gasteiger partial charge < -0.3 is 5.32 Å². The highest BCUT2D eigenvalue weighted by Gasteiger charge is 2.16. The third-order valence-electron chi connectivity index (χ3n) is 2.87. The Kier molecular flexibility index (Phi) is 2.87. The molecule has 14 heavy (non-hydrogen) atoms. The van der Waals surface area contributed by atoms with E-state index in [0.29, 0.717) is 6.04 Å². The summed E-state index contributed by atoms with van der Waals surface area (Å²) in [5, 5.41) is 8.01. The molecule has 0 saturated heterocycles. The minimum atomic E-state index is 0.465. The first-order chi connectivity index (χ1) is 6.75. The Balaban J connectivity index is 1.83. The SMILES string of the molecule is CC(C)n1ccc(CNC2CCC2)n1. The van der Waals surface area contributed by atoms with E-state index >= 15 is 0 Å². The highest BCUT2D eigenvalue weighted by Crippen LogP contribution is 2.18. The van der Waals surface area contributed by atoms with Gasteiger partial charge >= 0.3 is 0 Å². The van der Waals surface area contributed by atoms with Crippen molar-refractivity contribution >= 4 is 0 Å². The number of aromatic nitrogens is 2. The highest BCUT2D eigenvalue weighted by atomic mass is 15.3. The van der Waals surface area contributed by atoms with Crippen LogP contribution in [0.1, 0.15) is 44.8 Å². The van der Waals surface area contributed by atoms with Gasteiger partial charge in [0.1, 0.15) is 0 Å². The molecule has 0 aliphatic heterocycles. The summed E-state index contributed by atoms with van der Waals surface area (Å²) in [5.41, 5.74) is 1.16. The van der Waals surface area contributed by atoms with E-state index < -0.39 is 0 Å². The Morgan fingerprint density at radius 2 is 2.36 bits per heavy atom. The Morgan fingerprint density at radius 1 is 1.57 bits per heavy atom. The fourth-order valence-electron chi connectivity index (χ4n) is 1.62. The molecule has 1 heterocycles.